The lowest BCUT2D eigenvalue weighted by Gasteiger charge is -2.34. The lowest BCUT2D eigenvalue weighted by molar-refractivity contribution is -0.191. The van der Waals surface area contributed by atoms with Crippen molar-refractivity contribution in [3.63, 3.8) is 0 Å². The predicted octanol–water partition coefficient (Wildman–Crippen LogP) is 3.92. The molecule has 2 fully saturated rings. The lowest BCUT2D eigenvalue weighted by atomic mass is 10.1. The Morgan fingerprint density at radius 2 is 0.945 bits per heavy atom. The quantitative estimate of drug-likeness (QED) is 0.113. The Balaban J connectivity index is 0.000000228. The summed E-state index contributed by atoms with van der Waals surface area (Å²) in [4.78, 5) is 50.4. The number of hydrazone groups is 2. The van der Waals surface area contributed by atoms with E-state index in [0.29, 0.717) is 13.1 Å². The van der Waals surface area contributed by atoms with E-state index in [1.54, 1.807) is 12.4 Å². The zero-order chi connectivity index (χ0) is 39.1. The van der Waals surface area contributed by atoms with Gasteiger partial charge >= 0.3 is 6.15 Å². The van der Waals surface area contributed by atoms with Crippen molar-refractivity contribution in [1.29, 1.82) is 0 Å². The summed E-state index contributed by atoms with van der Waals surface area (Å²) in [6.07, 6.45) is 3.57. The van der Waals surface area contributed by atoms with E-state index in [1.807, 2.05) is 67.6 Å². The van der Waals surface area contributed by atoms with Crippen molar-refractivity contribution >= 4 is 43.0 Å². The lowest BCUT2D eigenvalue weighted by Crippen LogP contribution is -2.48. The fourth-order valence-electron chi connectivity index (χ4n) is 6.05. The average Bonchev–Trinajstić information content (AvgIpc) is 3.19. The first-order chi connectivity index (χ1) is 26.8. The van der Waals surface area contributed by atoms with E-state index in [0.717, 1.165) is 87.0 Å². The van der Waals surface area contributed by atoms with Crippen LogP contribution in [0.3, 0.4) is 0 Å². The van der Waals surface area contributed by atoms with E-state index < -0.39 is 0 Å². The van der Waals surface area contributed by atoms with Gasteiger partial charge in [-0.25, -0.2) is 10.9 Å². The molecule has 13 heteroatoms. The van der Waals surface area contributed by atoms with Crippen LogP contribution in [-0.2, 0) is 32.3 Å². The second-order valence-corrected chi connectivity index (χ2v) is 13.6. The smallest absolute Gasteiger partial charge is 0.297 e. The second-order valence-electron chi connectivity index (χ2n) is 13.2. The maximum absolute atomic E-state index is 12.1. The number of benzene rings is 4. The fourth-order valence-corrected chi connectivity index (χ4v) is 6.27. The van der Waals surface area contributed by atoms with E-state index in [4.69, 9.17) is 9.59 Å². The number of hydrogen-bond donors (Lipinski definition) is 3. The monoisotopic (exact) mass is 762 g/mol. The zero-order valence-electron chi connectivity index (χ0n) is 31.3. The van der Waals surface area contributed by atoms with Crippen LogP contribution in [0.15, 0.2) is 124 Å². The maximum Gasteiger partial charge on any atom is 0.373 e. The number of piperazine rings is 2. The molecule has 0 aromatic heterocycles. The van der Waals surface area contributed by atoms with E-state index in [9.17, 15) is 9.59 Å². The van der Waals surface area contributed by atoms with E-state index in [1.165, 1.54) is 11.1 Å². The summed E-state index contributed by atoms with van der Waals surface area (Å²) in [5.74, 6) is -0.152. The van der Waals surface area contributed by atoms with Crippen LogP contribution in [0.1, 0.15) is 27.8 Å². The highest BCUT2D eigenvalue weighted by atomic mass is 32.1. The third-order valence-corrected chi connectivity index (χ3v) is 9.48. The molecular formula is C42H50N8O4S. The molecule has 0 atom stereocenters. The summed E-state index contributed by atoms with van der Waals surface area (Å²) < 4.78 is 0. The maximum atomic E-state index is 12.1. The van der Waals surface area contributed by atoms with Crippen LogP contribution in [0.4, 0.5) is 0 Å². The summed E-state index contributed by atoms with van der Waals surface area (Å²) in [6.45, 7) is 12.2. The number of carbonyl (C=O) groups is 2. The first kappa shape index (κ1) is 42.5. The molecule has 0 aliphatic carbocycles. The number of thiol groups is 1. The average molecular weight is 763 g/mol. The van der Waals surface area contributed by atoms with Gasteiger partial charge in [0.15, 0.2) is 0 Å². The minimum Gasteiger partial charge on any atom is -0.297 e. The Morgan fingerprint density at radius 3 is 1.38 bits per heavy atom. The van der Waals surface area contributed by atoms with E-state index in [-0.39, 0.29) is 18.0 Å². The third-order valence-electron chi connectivity index (χ3n) is 9.07. The van der Waals surface area contributed by atoms with Crippen LogP contribution in [0.25, 0.3) is 0 Å². The van der Waals surface area contributed by atoms with Crippen LogP contribution in [0.5, 0.6) is 0 Å². The van der Waals surface area contributed by atoms with E-state index in [2.05, 4.69) is 102 Å². The van der Waals surface area contributed by atoms with Gasteiger partial charge in [-0.1, -0.05) is 103 Å². The Bertz CT molecular complexity index is 1710. The molecule has 288 valence electrons. The normalized spacial score (nSPS) is 15.3. The molecule has 4 aromatic rings. The number of rotatable bonds is 12. The number of carbonyl (C=O) groups excluding carboxylic acids is 4. The van der Waals surface area contributed by atoms with Crippen molar-refractivity contribution in [3.8, 4) is 0 Å². The first-order valence-corrected chi connectivity index (χ1v) is 18.7. The van der Waals surface area contributed by atoms with Crippen molar-refractivity contribution in [2.75, 3.05) is 65.4 Å². The number of amides is 2. The molecule has 55 heavy (non-hydrogen) atoms. The molecule has 4 aromatic carbocycles. The molecule has 0 bridgehead atoms. The highest BCUT2D eigenvalue weighted by molar-refractivity contribution is 7.80. The molecule has 2 N–H and O–H groups in total. The van der Waals surface area contributed by atoms with Gasteiger partial charge in [-0.05, 0) is 35.2 Å². The van der Waals surface area contributed by atoms with Gasteiger partial charge in [0.1, 0.15) is 0 Å². The number of hydrogen-bond acceptors (Lipinski definition) is 11. The Morgan fingerprint density at radius 1 is 0.582 bits per heavy atom. The molecule has 6 rings (SSSR count). The van der Waals surface area contributed by atoms with Crippen LogP contribution in [0.2, 0.25) is 0 Å². The molecule has 0 saturated carbocycles. The molecule has 12 nitrogen and oxygen atoms in total. The summed E-state index contributed by atoms with van der Waals surface area (Å²) in [6, 6.07) is 36.6. The third kappa shape index (κ3) is 16.3. The van der Waals surface area contributed by atoms with Gasteiger partial charge < -0.3 is 0 Å². The van der Waals surface area contributed by atoms with E-state index >= 15 is 0 Å². The van der Waals surface area contributed by atoms with Crippen LogP contribution in [0, 0.1) is 6.92 Å². The molecular weight excluding hydrogens is 713 g/mol. The van der Waals surface area contributed by atoms with Gasteiger partial charge in [0.25, 0.3) is 11.8 Å². The fraction of sp³-hybridized carbons (Fsp3) is 0.310. The molecule has 2 saturated heterocycles. The van der Waals surface area contributed by atoms with Crippen LogP contribution < -0.4 is 10.9 Å². The minimum absolute atomic E-state index is 0.0636. The zero-order valence-corrected chi connectivity index (χ0v) is 32.2. The standard InChI is InChI=1S/C21H26N4O.C20H24N4OS.CO2/c1-18-7-5-6-10-20(18)15-22-23-21(26)17-25-13-11-24(12-14-25)16-19-8-3-2-4-9-19;25-20(22-21-14-18-8-4-5-9-19(18)26)16-24-12-10-23(11-13-24)15-17-6-2-1-3-7-17;2-1-3/h2-10,15H,11-14,16-17H2,1H3,(H,23,26);1-9,14,26H,10-13,15-16H2,(H,22,25);/b22-15+;21-14+;. The molecule has 2 heterocycles. The van der Waals surface area contributed by atoms with Gasteiger partial charge in [-0.15, -0.1) is 12.6 Å². The highest BCUT2D eigenvalue weighted by Crippen LogP contribution is 2.11. The van der Waals surface area contributed by atoms with Crippen LogP contribution >= 0.6 is 12.6 Å². The minimum atomic E-state index is -0.0885. The van der Waals surface area contributed by atoms with Crippen molar-refractivity contribution in [2.45, 2.75) is 24.9 Å². The van der Waals surface area contributed by atoms with Crippen LogP contribution in [-0.4, -0.2) is 115 Å². The van der Waals surface area contributed by atoms with Crippen molar-refractivity contribution in [1.82, 2.24) is 30.5 Å². The Labute approximate surface area is 329 Å². The predicted molar refractivity (Wildman–Crippen MR) is 218 cm³/mol. The van der Waals surface area contributed by atoms with Crippen molar-refractivity contribution < 1.29 is 19.2 Å². The van der Waals surface area contributed by atoms with Gasteiger partial charge in [0, 0.05) is 75.9 Å². The molecule has 0 spiro atoms. The summed E-state index contributed by atoms with van der Waals surface area (Å²) in [5, 5.41) is 8.11. The second kappa shape index (κ2) is 24.2. The van der Waals surface area contributed by atoms with Gasteiger partial charge in [-0.3, -0.25) is 29.2 Å². The van der Waals surface area contributed by atoms with Crippen molar-refractivity contribution in [3.05, 3.63) is 137 Å². The van der Waals surface area contributed by atoms with Gasteiger partial charge in [0.2, 0.25) is 0 Å². The number of aryl methyl sites for hydroxylation is 1. The molecule has 0 unspecified atom stereocenters. The molecule has 2 amide bonds. The first-order valence-electron chi connectivity index (χ1n) is 18.3. The highest BCUT2D eigenvalue weighted by Gasteiger charge is 2.20. The molecule has 0 radical (unpaired) electrons. The summed E-state index contributed by atoms with van der Waals surface area (Å²) in [5.41, 5.74) is 10.9. The molecule has 2 aliphatic heterocycles. The van der Waals surface area contributed by atoms with Gasteiger partial charge in [-0.2, -0.15) is 19.8 Å². The van der Waals surface area contributed by atoms with Gasteiger partial charge in [0.05, 0.1) is 25.5 Å². The van der Waals surface area contributed by atoms with Crippen molar-refractivity contribution in [2.24, 2.45) is 10.2 Å². The SMILES string of the molecule is Cc1ccccc1/C=N/NC(=O)CN1CCN(Cc2ccccc2)CC1.O=C(CN1CCN(Cc2ccccc2)CC1)N/N=C/c1ccccc1S.O=C=O. The molecule has 2 aliphatic rings. The summed E-state index contributed by atoms with van der Waals surface area (Å²) in [7, 11) is 0. The largest absolute Gasteiger partial charge is 0.373 e. The number of nitrogens with one attached hydrogen (secondary N) is 2. The topological polar surface area (TPSA) is 130 Å². The Hall–Kier alpha value is -5.27. The Kier molecular flexibility index (Phi) is 18.7. The summed E-state index contributed by atoms with van der Waals surface area (Å²) >= 11 is 4.36. The number of nitrogens with zero attached hydrogens (tertiary/aromatic N) is 6.